The smallest absolute Gasteiger partial charge is 0.251 e. The van der Waals surface area contributed by atoms with E-state index < -0.39 is 0 Å². The number of nitrogens with zero attached hydrogens (tertiary/aromatic N) is 2. The molecule has 3 heterocycles. The van der Waals surface area contributed by atoms with Crippen molar-refractivity contribution in [3.8, 4) is 11.5 Å². The molecule has 0 radical (unpaired) electrons. The average molecular weight is 670 g/mol. The Morgan fingerprint density at radius 3 is 2.57 bits per heavy atom. The van der Waals surface area contributed by atoms with Crippen molar-refractivity contribution in [2.24, 2.45) is 5.92 Å². The summed E-state index contributed by atoms with van der Waals surface area (Å²) in [4.78, 5) is 29.5. The van der Waals surface area contributed by atoms with Crippen LogP contribution in [0.3, 0.4) is 0 Å². The number of ether oxygens (including phenoxy) is 2. The number of carbonyl (C=O) groups excluding carboxylic acids is 1. The van der Waals surface area contributed by atoms with E-state index in [1.165, 1.54) is 0 Å². The standard InChI is InChI=1S/C36H39N5O4S2/c1-44-32-13-10-23(17-33(32)45-2)14-15-37-35(43)25-11-12-31(29(18-25)39-36(46)38-27-6-4-7-28(19-27)47-3)40-20-24-16-26(22-40)30-8-5-9-34(42)41(30)21-24/h4-13,17-19,24,26H,14-16,20-22H2,1-3H3,(H,37,43)(H2,38,39,46). The van der Waals surface area contributed by atoms with Crippen LogP contribution in [0, 0.1) is 5.92 Å². The first-order valence-corrected chi connectivity index (χ1v) is 17.3. The molecule has 244 valence electrons. The lowest BCUT2D eigenvalue weighted by Gasteiger charge is -2.44. The van der Waals surface area contributed by atoms with Gasteiger partial charge in [-0.3, -0.25) is 9.59 Å². The number of benzene rings is 3. The largest absolute Gasteiger partial charge is 0.493 e. The van der Waals surface area contributed by atoms with Crippen LogP contribution in [0.2, 0.25) is 0 Å². The minimum absolute atomic E-state index is 0.0662. The molecule has 0 saturated carbocycles. The summed E-state index contributed by atoms with van der Waals surface area (Å²) in [6.07, 6.45) is 3.73. The van der Waals surface area contributed by atoms with E-state index in [0.717, 1.165) is 52.7 Å². The molecule has 9 nitrogen and oxygen atoms in total. The van der Waals surface area contributed by atoms with Crippen LogP contribution in [-0.4, -0.2) is 55.7 Å². The van der Waals surface area contributed by atoms with Crippen LogP contribution in [0.1, 0.15) is 34.0 Å². The number of aromatic nitrogens is 1. The van der Waals surface area contributed by atoms with E-state index in [4.69, 9.17) is 21.7 Å². The number of carbonyl (C=O) groups is 1. The maximum atomic E-state index is 13.4. The van der Waals surface area contributed by atoms with Crippen molar-refractivity contribution < 1.29 is 14.3 Å². The summed E-state index contributed by atoms with van der Waals surface area (Å²) in [6, 6.07) is 25.1. The van der Waals surface area contributed by atoms with Crippen molar-refractivity contribution in [3.05, 3.63) is 106 Å². The van der Waals surface area contributed by atoms with Crippen molar-refractivity contribution in [2.75, 3.05) is 55.6 Å². The summed E-state index contributed by atoms with van der Waals surface area (Å²) in [7, 11) is 3.22. The highest BCUT2D eigenvalue weighted by molar-refractivity contribution is 7.98. The highest BCUT2D eigenvalue weighted by atomic mass is 32.2. The summed E-state index contributed by atoms with van der Waals surface area (Å²) in [5, 5.41) is 10.2. The first-order valence-electron chi connectivity index (χ1n) is 15.6. The maximum absolute atomic E-state index is 13.4. The lowest BCUT2D eigenvalue weighted by molar-refractivity contribution is 0.0954. The zero-order valence-corrected chi connectivity index (χ0v) is 28.4. The fourth-order valence-corrected chi connectivity index (χ4v) is 7.28. The van der Waals surface area contributed by atoms with E-state index in [0.29, 0.717) is 47.6 Å². The number of rotatable bonds is 10. The van der Waals surface area contributed by atoms with Crippen molar-refractivity contribution in [1.82, 2.24) is 9.88 Å². The normalized spacial score (nSPS) is 16.5. The molecule has 0 spiro atoms. The van der Waals surface area contributed by atoms with Crippen molar-refractivity contribution in [2.45, 2.75) is 30.2 Å². The van der Waals surface area contributed by atoms with Crippen LogP contribution >= 0.6 is 24.0 Å². The molecule has 47 heavy (non-hydrogen) atoms. The fourth-order valence-electron chi connectivity index (χ4n) is 6.59. The van der Waals surface area contributed by atoms with Gasteiger partial charge in [0, 0.05) is 60.0 Å². The summed E-state index contributed by atoms with van der Waals surface area (Å²) < 4.78 is 12.7. The van der Waals surface area contributed by atoms with Gasteiger partial charge in [-0.2, -0.15) is 0 Å². The quantitative estimate of drug-likeness (QED) is 0.139. The van der Waals surface area contributed by atoms with Gasteiger partial charge in [-0.15, -0.1) is 11.8 Å². The summed E-state index contributed by atoms with van der Waals surface area (Å²) in [5.41, 5.74) is 5.32. The zero-order valence-electron chi connectivity index (χ0n) is 26.7. The molecule has 1 saturated heterocycles. The maximum Gasteiger partial charge on any atom is 0.251 e. The molecule has 6 rings (SSSR count). The molecular formula is C36H39N5O4S2. The van der Waals surface area contributed by atoms with Crippen LogP contribution in [0.25, 0.3) is 0 Å². The Balaban J connectivity index is 1.22. The van der Waals surface area contributed by atoms with E-state index in [1.807, 2.05) is 71.5 Å². The number of thiocarbonyl (C=S) groups is 1. The second-order valence-electron chi connectivity index (χ2n) is 11.8. The number of piperidine rings is 1. The molecule has 1 amide bonds. The molecule has 2 aliphatic heterocycles. The predicted molar refractivity (Wildman–Crippen MR) is 194 cm³/mol. The molecule has 3 N–H and O–H groups in total. The van der Waals surface area contributed by atoms with Gasteiger partial charge in [-0.1, -0.05) is 18.2 Å². The third kappa shape index (κ3) is 7.41. The minimum Gasteiger partial charge on any atom is -0.493 e. The minimum atomic E-state index is -0.171. The molecule has 2 aliphatic rings. The van der Waals surface area contributed by atoms with E-state index in [-0.39, 0.29) is 17.4 Å². The van der Waals surface area contributed by atoms with Gasteiger partial charge in [-0.05, 0) is 97.4 Å². The van der Waals surface area contributed by atoms with E-state index >= 15 is 0 Å². The molecule has 1 fully saturated rings. The topological polar surface area (TPSA) is 96.9 Å². The Labute approximate surface area is 284 Å². The number of nitrogens with one attached hydrogen (secondary N) is 3. The van der Waals surface area contributed by atoms with Gasteiger partial charge in [0.1, 0.15) is 0 Å². The average Bonchev–Trinajstić information content (AvgIpc) is 3.08. The van der Waals surface area contributed by atoms with Crippen LogP contribution in [0.4, 0.5) is 17.1 Å². The second-order valence-corrected chi connectivity index (χ2v) is 13.1. The number of pyridine rings is 1. The Bertz CT molecular complexity index is 1840. The molecule has 2 unspecified atom stereocenters. The van der Waals surface area contributed by atoms with Gasteiger partial charge in [0.15, 0.2) is 16.6 Å². The van der Waals surface area contributed by atoms with Crippen LogP contribution in [0.5, 0.6) is 11.5 Å². The number of methoxy groups -OCH3 is 2. The van der Waals surface area contributed by atoms with Gasteiger partial charge in [-0.25, -0.2) is 0 Å². The SMILES string of the molecule is COc1ccc(CCNC(=O)c2ccc(N3CC4CC(C3)c3cccc(=O)n3C4)c(NC(=S)Nc3cccc(SC)c3)c2)cc1OC. The van der Waals surface area contributed by atoms with Crippen molar-refractivity contribution in [3.63, 3.8) is 0 Å². The monoisotopic (exact) mass is 669 g/mol. The number of amides is 1. The van der Waals surface area contributed by atoms with Gasteiger partial charge >= 0.3 is 0 Å². The Kier molecular flexibility index (Phi) is 10.0. The van der Waals surface area contributed by atoms with E-state index in [1.54, 1.807) is 32.0 Å². The fraction of sp³-hybridized carbons (Fsp3) is 0.306. The van der Waals surface area contributed by atoms with Crippen LogP contribution < -0.4 is 35.9 Å². The first kappa shape index (κ1) is 32.5. The van der Waals surface area contributed by atoms with E-state index in [9.17, 15) is 9.59 Å². The lowest BCUT2D eigenvalue weighted by Crippen LogP contribution is -2.47. The molecule has 11 heteroatoms. The van der Waals surface area contributed by atoms with Gasteiger partial charge in [0.05, 0.1) is 25.6 Å². The predicted octanol–water partition coefficient (Wildman–Crippen LogP) is 5.99. The molecular weight excluding hydrogens is 631 g/mol. The lowest BCUT2D eigenvalue weighted by atomic mass is 9.83. The molecule has 2 atom stereocenters. The third-order valence-corrected chi connectivity index (χ3v) is 9.73. The number of anilines is 3. The Morgan fingerprint density at radius 2 is 1.77 bits per heavy atom. The summed E-state index contributed by atoms with van der Waals surface area (Å²) >= 11 is 7.44. The number of hydrogen-bond donors (Lipinski definition) is 3. The van der Waals surface area contributed by atoms with E-state index in [2.05, 4.69) is 33.0 Å². The number of hydrogen-bond acceptors (Lipinski definition) is 7. The Morgan fingerprint density at radius 1 is 0.936 bits per heavy atom. The van der Waals surface area contributed by atoms with Gasteiger partial charge in [0.2, 0.25) is 0 Å². The molecule has 4 aromatic rings. The summed E-state index contributed by atoms with van der Waals surface area (Å²) in [5.74, 6) is 1.73. The van der Waals surface area contributed by atoms with Crippen molar-refractivity contribution in [1.29, 1.82) is 0 Å². The van der Waals surface area contributed by atoms with Crippen LogP contribution in [-0.2, 0) is 13.0 Å². The van der Waals surface area contributed by atoms with Crippen LogP contribution in [0.15, 0.2) is 88.6 Å². The van der Waals surface area contributed by atoms with Crippen molar-refractivity contribution >= 4 is 52.1 Å². The third-order valence-electron chi connectivity index (χ3n) is 8.80. The number of fused-ring (bicyclic) bond motifs is 4. The molecule has 0 aliphatic carbocycles. The Hall–Kier alpha value is -4.48. The van der Waals surface area contributed by atoms with Gasteiger partial charge < -0.3 is 34.9 Å². The summed E-state index contributed by atoms with van der Waals surface area (Å²) in [6.45, 7) is 2.73. The van der Waals surface area contributed by atoms with Gasteiger partial charge in [0.25, 0.3) is 11.5 Å². The highest BCUT2D eigenvalue weighted by Crippen LogP contribution is 2.39. The first-order chi connectivity index (χ1) is 22.8. The molecule has 3 aromatic carbocycles. The molecule has 1 aromatic heterocycles. The molecule has 2 bridgehead atoms. The second kappa shape index (κ2) is 14.5. The highest BCUT2D eigenvalue weighted by Gasteiger charge is 2.35. The number of thioether (sulfide) groups is 1. The zero-order chi connectivity index (χ0) is 32.9.